The van der Waals surface area contributed by atoms with Crippen molar-refractivity contribution in [1.29, 1.82) is 0 Å². The standard InChI is InChI=1S/C20H26ClNO2/c1-3-16-4-8-18(9-5-16)15(2)22-12-20(23)14-24-13-17-6-10-19(21)11-7-17/h4-11,15,20,22-23H,3,12-14H2,1-2H3. The molecule has 4 heteroatoms. The smallest absolute Gasteiger partial charge is 0.0898 e. The molecule has 0 bridgehead atoms. The topological polar surface area (TPSA) is 41.5 Å². The summed E-state index contributed by atoms with van der Waals surface area (Å²) in [4.78, 5) is 0. The third-order valence-electron chi connectivity index (χ3n) is 4.04. The van der Waals surface area contributed by atoms with Gasteiger partial charge in [-0.2, -0.15) is 0 Å². The number of hydrogen-bond acceptors (Lipinski definition) is 3. The second-order valence-corrected chi connectivity index (χ2v) is 6.46. The van der Waals surface area contributed by atoms with Gasteiger partial charge in [-0.05, 0) is 42.2 Å². The predicted octanol–water partition coefficient (Wildman–Crippen LogP) is 4.13. The molecule has 0 heterocycles. The molecule has 0 radical (unpaired) electrons. The van der Waals surface area contributed by atoms with E-state index in [1.807, 2.05) is 24.3 Å². The molecule has 3 nitrogen and oxygen atoms in total. The minimum absolute atomic E-state index is 0.196. The van der Waals surface area contributed by atoms with Crippen molar-refractivity contribution in [2.75, 3.05) is 13.2 Å². The molecule has 0 aliphatic carbocycles. The highest BCUT2D eigenvalue weighted by Crippen LogP contribution is 2.14. The van der Waals surface area contributed by atoms with Gasteiger partial charge in [0.15, 0.2) is 0 Å². The minimum atomic E-state index is -0.533. The van der Waals surface area contributed by atoms with Crippen LogP contribution in [0.5, 0.6) is 0 Å². The summed E-state index contributed by atoms with van der Waals surface area (Å²) in [7, 11) is 0. The zero-order chi connectivity index (χ0) is 17.4. The molecule has 2 aromatic rings. The van der Waals surface area contributed by atoms with Crippen molar-refractivity contribution < 1.29 is 9.84 Å². The highest BCUT2D eigenvalue weighted by atomic mass is 35.5. The number of aryl methyl sites for hydroxylation is 1. The number of halogens is 1. The van der Waals surface area contributed by atoms with E-state index in [0.29, 0.717) is 24.8 Å². The molecule has 2 unspecified atom stereocenters. The van der Waals surface area contributed by atoms with E-state index in [-0.39, 0.29) is 6.04 Å². The molecule has 2 aromatic carbocycles. The molecule has 0 aliphatic rings. The van der Waals surface area contributed by atoms with Crippen molar-refractivity contribution in [2.24, 2.45) is 0 Å². The molecule has 0 fully saturated rings. The summed E-state index contributed by atoms with van der Waals surface area (Å²) in [5.41, 5.74) is 3.60. The summed E-state index contributed by atoms with van der Waals surface area (Å²) in [6.45, 7) is 5.52. The van der Waals surface area contributed by atoms with Crippen LogP contribution in [0.25, 0.3) is 0 Å². The van der Waals surface area contributed by atoms with Crippen LogP contribution in [0.4, 0.5) is 0 Å². The molecule has 0 aromatic heterocycles. The van der Waals surface area contributed by atoms with Crippen LogP contribution in [0.3, 0.4) is 0 Å². The number of rotatable bonds is 9. The fourth-order valence-corrected chi connectivity index (χ4v) is 2.55. The zero-order valence-corrected chi connectivity index (χ0v) is 15.1. The first-order valence-corrected chi connectivity index (χ1v) is 8.78. The first kappa shape index (κ1) is 18.9. The van der Waals surface area contributed by atoms with Crippen molar-refractivity contribution >= 4 is 11.6 Å². The number of nitrogens with one attached hydrogen (secondary N) is 1. The average molecular weight is 348 g/mol. The van der Waals surface area contributed by atoms with Gasteiger partial charge < -0.3 is 15.2 Å². The van der Waals surface area contributed by atoms with Crippen molar-refractivity contribution in [3.63, 3.8) is 0 Å². The van der Waals surface area contributed by atoms with Crippen LogP contribution in [0.15, 0.2) is 48.5 Å². The van der Waals surface area contributed by atoms with Gasteiger partial charge in [-0.15, -0.1) is 0 Å². The van der Waals surface area contributed by atoms with Crippen LogP contribution in [0, 0.1) is 0 Å². The summed E-state index contributed by atoms with van der Waals surface area (Å²) < 4.78 is 5.56. The van der Waals surface area contributed by atoms with Crippen LogP contribution in [-0.4, -0.2) is 24.4 Å². The Kier molecular flexibility index (Phi) is 7.73. The van der Waals surface area contributed by atoms with Gasteiger partial charge in [0.2, 0.25) is 0 Å². The van der Waals surface area contributed by atoms with E-state index in [4.69, 9.17) is 16.3 Å². The van der Waals surface area contributed by atoms with Gasteiger partial charge in [-0.3, -0.25) is 0 Å². The van der Waals surface area contributed by atoms with E-state index in [1.54, 1.807) is 0 Å². The fraction of sp³-hybridized carbons (Fsp3) is 0.400. The molecule has 130 valence electrons. The van der Waals surface area contributed by atoms with Crippen molar-refractivity contribution in [2.45, 2.75) is 39.0 Å². The lowest BCUT2D eigenvalue weighted by Crippen LogP contribution is -2.32. The normalized spacial score (nSPS) is 13.7. The largest absolute Gasteiger partial charge is 0.389 e. The number of hydrogen-bond donors (Lipinski definition) is 2. The van der Waals surface area contributed by atoms with E-state index in [2.05, 4.69) is 43.4 Å². The number of ether oxygens (including phenoxy) is 1. The van der Waals surface area contributed by atoms with Gasteiger partial charge in [0.25, 0.3) is 0 Å². The predicted molar refractivity (Wildman–Crippen MR) is 99.4 cm³/mol. The Balaban J connectivity index is 1.68. The van der Waals surface area contributed by atoms with E-state index >= 15 is 0 Å². The van der Waals surface area contributed by atoms with Gasteiger partial charge >= 0.3 is 0 Å². The average Bonchev–Trinajstić information content (AvgIpc) is 2.61. The summed E-state index contributed by atoms with van der Waals surface area (Å²) in [5.74, 6) is 0. The SMILES string of the molecule is CCc1ccc(C(C)NCC(O)COCc2ccc(Cl)cc2)cc1. The lowest BCUT2D eigenvalue weighted by molar-refractivity contribution is 0.0278. The third kappa shape index (κ3) is 6.25. The van der Waals surface area contributed by atoms with E-state index in [1.165, 1.54) is 11.1 Å². The lowest BCUT2D eigenvalue weighted by atomic mass is 10.0. The quantitative estimate of drug-likeness (QED) is 0.716. The Morgan fingerprint density at radius 2 is 1.67 bits per heavy atom. The molecule has 0 spiro atoms. The van der Waals surface area contributed by atoms with Crippen molar-refractivity contribution in [3.8, 4) is 0 Å². The molecule has 24 heavy (non-hydrogen) atoms. The van der Waals surface area contributed by atoms with Crippen molar-refractivity contribution in [1.82, 2.24) is 5.32 Å². The Morgan fingerprint density at radius 1 is 1.04 bits per heavy atom. The summed E-state index contributed by atoms with van der Waals surface area (Å²) in [6.07, 6.45) is 0.515. The molecular weight excluding hydrogens is 322 g/mol. The van der Waals surface area contributed by atoms with Crippen LogP contribution >= 0.6 is 11.6 Å². The first-order chi connectivity index (χ1) is 11.6. The molecule has 2 atom stereocenters. The monoisotopic (exact) mass is 347 g/mol. The molecule has 0 saturated heterocycles. The molecule has 0 saturated carbocycles. The van der Waals surface area contributed by atoms with Gasteiger partial charge in [0.05, 0.1) is 19.3 Å². The zero-order valence-electron chi connectivity index (χ0n) is 14.3. The van der Waals surface area contributed by atoms with Gasteiger partial charge in [0.1, 0.15) is 0 Å². The summed E-state index contributed by atoms with van der Waals surface area (Å²) in [5, 5.41) is 14.1. The second kappa shape index (κ2) is 9.80. The van der Waals surface area contributed by atoms with Crippen LogP contribution in [-0.2, 0) is 17.8 Å². The van der Waals surface area contributed by atoms with E-state index in [0.717, 1.165) is 12.0 Å². The lowest BCUT2D eigenvalue weighted by Gasteiger charge is -2.18. The van der Waals surface area contributed by atoms with Crippen molar-refractivity contribution in [3.05, 3.63) is 70.2 Å². The molecule has 0 amide bonds. The van der Waals surface area contributed by atoms with Gasteiger partial charge in [-0.1, -0.05) is 54.9 Å². The minimum Gasteiger partial charge on any atom is -0.389 e. The Morgan fingerprint density at radius 3 is 2.29 bits per heavy atom. The Bertz CT molecular complexity index is 598. The first-order valence-electron chi connectivity index (χ1n) is 8.41. The number of benzene rings is 2. The molecule has 2 rings (SSSR count). The third-order valence-corrected chi connectivity index (χ3v) is 4.29. The van der Waals surface area contributed by atoms with Crippen LogP contribution in [0.2, 0.25) is 5.02 Å². The van der Waals surface area contributed by atoms with Gasteiger partial charge in [-0.25, -0.2) is 0 Å². The molecular formula is C20H26ClNO2. The maximum Gasteiger partial charge on any atom is 0.0898 e. The molecule has 0 aliphatic heterocycles. The van der Waals surface area contributed by atoms with E-state index < -0.39 is 6.10 Å². The van der Waals surface area contributed by atoms with Gasteiger partial charge in [0, 0.05) is 17.6 Å². The Hall–Kier alpha value is -1.39. The number of aliphatic hydroxyl groups is 1. The molecule has 2 N–H and O–H groups in total. The summed E-state index contributed by atoms with van der Waals surface area (Å²) in [6, 6.07) is 16.3. The summed E-state index contributed by atoms with van der Waals surface area (Å²) >= 11 is 5.85. The highest BCUT2D eigenvalue weighted by molar-refractivity contribution is 6.30. The van der Waals surface area contributed by atoms with Crippen LogP contribution in [0.1, 0.15) is 36.6 Å². The van der Waals surface area contributed by atoms with Crippen LogP contribution < -0.4 is 5.32 Å². The highest BCUT2D eigenvalue weighted by Gasteiger charge is 2.09. The number of aliphatic hydroxyl groups excluding tert-OH is 1. The maximum absolute atomic E-state index is 10.0. The Labute approximate surface area is 149 Å². The second-order valence-electron chi connectivity index (χ2n) is 6.02. The van der Waals surface area contributed by atoms with E-state index in [9.17, 15) is 5.11 Å². The maximum atomic E-state index is 10.0. The fourth-order valence-electron chi connectivity index (χ4n) is 2.43.